The number of hydrogen-bond acceptors (Lipinski definition) is 5. The van der Waals surface area contributed by atoms with E-state index >= 15 is 0 Å². The monoisotopic (exact) mass is 377 g/mol. The van der Waals surface area contributed by atoms with Crippen LogP contribution in [0.3, 0.4) is 0 Å². The molecule has 3 aromatic rings. The van der Waals surface area contributed by atoms with Gasteiger partial charge in [0.15, 0.2) is 0 Å². The Bertz CT molecular complexity index is 949. The van der Waals surface area contributed by atoms with Crippen LogP contribution >= 0.6 is 0 Å². The molecule has 2 aliphatic rings. The van der Waals surface area contributed by atoms with Crippen molar-refractivity contribution in [2.75, 3.05) is 13.1 Å². The molecule has 146 valence electrons. The van der Waals surface area contributed by atoms with Crippen LogP contribution in [0, 0.1) is 5.92 Å². The SMILES string of the molecule is C1=Cc2c(ncn3nnc(C4CCC(CNCCc5cnc[nH]5)CC4)c23)CC1. The highest BCUT2D eigenvalue weighted by Crippen LogP contribution is 2.37. The number of nitrogens with zero attached hydrogens (tertiary/aromatic N) is 5. The molecule has 0 aliphatic heterocycles. The number of H-pyrrole nitrogens is 1. The van der Waals surface area contributed by atoms with Gasteiger partial charge in [0.2, 0.25) is 0 Å². The average Bonchev–Trinajstić information content (AvgIpc) is 3.42. The summed E-state index contributed by atoms with van der Waals surface area (Å²) in [7, 11) is 0. The van der Waals surface area contributed by atoms with Gasteiger partial charge in [0.25, 0.3) is 0 Å². The summed E-state index contributed by atoms with van der Waals surface area (Å²) in [4.78, 5) is 11.8. The molecule has 0 atom stereocenters. The molecule has 3 aromatic heterocycles. The number of aromatic nitrogens is 6. The molecule has 2 N–H and O–H groups in total. The summed E-state index contributed by atoms with van der Waals surface area (Å²) in [5.74, 6) is 1.27. The molecule has 1 fully saturated rings. The van der Waals surface area contributed by atoms with Gasteiger partial charge in [-0.3, -0.25) is 0 Å². The highest BCUT2D eigenvalue weighted by atomic mass is 15.4. The third-order valence-electron chi connectivity index (χ3n) is 6.23. The fraction of sp³-hybridized carbons (Fsp3) is 0.524. The van der Waals surface area contributed by atoms with E-state index in [-0.39, 0.29) is 0 Å². The van der Waals surface area contributed by atoms with Crippen molar-refractivity contribution < 1.29 is 0 Å². The molecule has 2 aliphatic carbocycles. The molecule has 5 rings (SSSR count). The number of allylic oxidation sites excluding steroid dienone is 1. The molecule has 0 bridgehead atoms. The van der Waals surface area contributed by atoms with Gasteiger partial charge >= 0.3 is 0 Å². The molecule has 0 spiro atoms. The van der Waals surface area contributed by atoms with E-state index in [1.54, 1.807) is 6.33 Å². The molecule has 7 nitrogen and oxygen atoms in total. The highest BCUT2D eigenvalue weighted by Gasteiger charge is 2.27. The van der Waals surface area contributed by atoms with Crippen LogP contribution in [0.15, 0.2) is 24.9 Å². The Kier molecular flexibility index (Phi) is 4.91. The normalized spacial score (nSPS) is 21.9. The minimum absolute atomic E-state index is 0.514. The van der Waals surface area contributed by atoms with Crippen molar-refractivity contribution in [3.05, 3.63) is 47.6 Å². The lowest BCUT2D eigenvalue weighted by Crippen LogP contribution is -2.27. The van der Waals surface area contributed by atoms with Crippen LogP contribution in [0.4, 0.5) is 0 Å². The average molecular weight is 377 g/mol. The van der Waals surface area contributed by atoms with E-state index in [2.05, 4.69) is 42.7 Å². The zero-order valence-corrected chi connectivity index (χ0v) is 16.1. The molecule has 28 heavy (non-hydrogen) atoms. The van der Waals surface area contributed by atoms with Crippen molar-refractivity contribution in [1.29, 1.82) is 0 Å². The smallest absolute Gasteiger partial charge is 0.119 e. The first-order chi connectivity index (χ1) is 13.9. The third kappa shape index (κ3) is 3.46. The Morgan fingerprint density at radius 1 is 1.21 bits per heavy atom. The van der Waals surface area contributed by atoms with Gasteiger partial charge in [0.1, 0.15) is 11.8 Å². The number of hydrogen-bond donors (Lipinski definition) is 2. The van der Waals surface area contributed by atoms with Gasteiger partial charge in [0, 0.05) is 36.3 Å². The van der Waals surface area contributed by atoms with Crippen molar-refractivity contribution in [2.45, 2.75) is 50.9 Å². The molecule has 0 unspecified atom stereocenters. The second-order valence-corrected chi connectivity index (χ2v) is 8.06. The first-order valence-electron chi connectivity index (χ1n) is 10.5. The molecular formula is C21H27N7. The van der Waals surface area contributed by atoms with Gasteiger partial charge in [-0.15, -0.1) is 5.10 Å². The molecule has 0 radical (unpaired) electrons. The maximum absolute atomic E-state index is 4.57. The second-order valence-electron chi connectivity index (χ2n) is 8.06. The van der Waals surface area contributed by atoms with E-state index in [1.807, 2.05) is 17.0 Å². The van der Waals surface area contributed by atoms with E-state index in [4.69, 9.17) is 0 Å². The standard InChI is InChI=1S/C21H27N7/c1-2-4-19-18(3-1)21-20(26-27-28(21)14-25-19)16-7-5-15(6-8-16)11-22-10-9-17-12-23-13-24-17/h1,3,12-16,22H,2,4-11H2,(H,23,24). The number of rotatable bonds is 6. The second kappa shape index (κ2) is 7.83. The zero-order valence-electron chi connectivity index (χ0n) is 16.1. The molecule has 3 heterocycles. The minimum Gasteiger partial charge on any atom is -0.348 e. The van der Waals surface area contributed by atoms with E-state index in [9.17, 15) is 0 Å². The Labute approximate surface area is 164 Å². The third-order valence-corrected chi connectivity index (χ3v) is 6.23. The Balaban J connectivity index is 1.20. The number of nitrogens with one attached hydrogen (secondary N) is 2. The predicted molar refractivity (Wildman–Crippen MR) is 108 cm³/mol. The van der Waals surface area contributed by atoms with Gasteiger partial charge < -0.3 is 10.3 Å². The maximum Gasteiger partial charge on any atom is 0.119 e. The lowest BCUT2D eigenvalue weighted by atomic mass is 9.80. The first-order valence-corrected chi connectivity index (χ1v) is 10.5. The molecule has 0 saturated heterocycles. The van der Waals surface area contributed by atoms with Gasteiger partial charge in [0.05, 0.1) is 17.7 Å². The van der Waals surface area contributed by atoms with Crippen LogP contribution in [0.25, 0.3) is 11.6 Å². The largest absolute Gasteiger partial charge is 0.348 e. The van der Waals surface area contributed by atoms with Crippen LogP contribution in [0.2, 0.25) is 0 Å². The molecule has 0 amide bonds. The van der Waals surface area contributed by atoms with Crippen LogP contribution in [-0.2, 0) is 12.8 Å². The summed E-state index contributed by atoms with van der Waals surface area (Å²) in [5.41, 5.74) is 5.98. The van der Waals surface area contributed by atoms with Crippen LogP contribution in [0.5, 0.6) is 0 Å². The Hall–Kier alpha value is -2.54. The number of imidazole rings is 1. The van der Waals surface area contributed by atoms with Crippen LogP contribution in [-0.4, -0.2) is 42.9 Å². The van der Waals surface area contributed by atoms with Crippen molar-refractivity contribution in [3.8, 4) is 0 Å². The topological polar surface area (TPSA) is 83.8 Å². The Morgan fingerprint density at radius 2 is 2.14 bits per heavy atom. The lowest BCUT2D eigenvalue weighted by molar-refractivity contribution is 0.312. The first kappa shape index (κ1) is 17.6. The van der Waals surface area contributed by atoms with Crippen molar-refractivity contribution in [3.63, 3.8) is 0 Å². The van der Waals surface area contributed by atoms with Crippen molar-refractivity contribution in [2.24, 2.45) is 5.92 Å². The summed E-state index contributed by atoms with van der Waals surface area (Å²) in [6.07, 6.45) is 17.9. The number of fused-ring (bicyclic) bond motifs is 3. The summed E-state index contributed by atoms with van der Waals surface area (Å²) in [6, 6.07) is 0. The van der Waals surface area contributed by atoms with Gasteiger partial charge in [-0.05, 0) is 51.0 Å². The van der Waals surface area contributed by atoms with Crippen molar-refractivity contribution >= 4 is 11.6 Å². The van der Waals surface area contributed by atoms with E-state index in [0.29, 0.717) is 5.92 Å². The molecule has 0 aromatic carbocycles. The van der Waals surface area contributed by atoms with E-state index < -0.39 is 0 Å². The van der Waals surface area contributed by atoms with E-state index in [0.717, 1.165) is 38.3 Å². The fourth-order valence-corrected chi connectivity index (χ4v) is 4.64. The summed E-state index contributed by atoms with van der Waals surface area (Å²) in [5, 5.41) is 12.5. The molecular weight excluding hydrogens is 350 g/mol. The minimum atomic E-state index is 0.514. The molecule has 7 heteroatoms. The lowest BCUT2D eigenvalue weighted by Gasteiger charge is -2.28. The highest BCUT2D eigenvalue weighted by molar-refractivity contribution is 5.74. The zero-order chi connectivity index (χ0) is 18.8. The number of aryl methyl sites for hydroxylation is 1. The van der Waals surface area contributed by atoms with Crippen LogP contribution < -0.4 is 5.32 Å². The maximum atomic E-state index is 4.57. The summed E-state index contributed by atoms with van der Waals surface area (Å²) in [6.45, 7) is 2.11. The van der Waals surface area contributed by atoms with Gasteiger partial charge in [-0.25, -0.2) is 14.5 Å². The van der Waals surface area contributed by atoms with E-state index in [1.165, 1.54) is 53.8 Å². The predicted octanol–water partition coefficient (Wildman–Crippen LogP) is 2.91. The summed E-state index contributed by atoms with van der Waals surface area (Å²) < 4.78 is 1.87. The molecule has 1 saturated carbocycles. The number of aromatic amines is 1. The van der Waals surface area contributed by atoms with Gasteiger partial charge in [-0.2, -0.15) is 0 Å². The Morgan fingerprint density at radius 3 is 3.00 bits per heavy atom. The van der Waals surface area contributed by atoms with Gasteiger partial charge in [-0.1, -0.05) is 17.4 Å². The summed E-state index contributed by atoms with van der Waals surface area (Å²) >= 11 is 0. The fourth-order valence-electron chi connectivity index (χ4n) is 4.64. The van der Waals surface area contributed by atoms with Crippen LogP contribution in [0.1, 0.15) is 60.7 Å². The van der Waals surface area contributed by atoms with Crippen molar-refractivity contribution in [1.82, 2.24) is 35.1 Å². The quantitative estimate of drug-likeness (QED) is 0.645.